The molecule has 2 unspecified atom stereocenters. The molecule has 9 heteroatoms. The van der Waals surface area contributed by atoms with Crippen molar-refractivity contribution in [2.45, 2.75) is 44.1 Å². The number of hydrogen-bond donors (Lipinski definition) is 3. The zero-order valence-corrected chi connectivity index (χ0v) is 25.5. The molecule has 220 valence electrons. The average Bonchev–Trinajstić information content (AvgIpc) is 2.99. The largest absolute Gasteiger partial charge is 0.461 e. The number of benzene rings is 2. The molecule has 0 saturated heterocycles. The topological polar surface area (TPSA) is 103 Å². The molecule has 2 amide bonds. The molecule has 42 heavy (non-hydrogen) atoms. The minimum atomic E-state index is -0.697. The lowest BCUT2D eigenvalue weighted by molar-refractivity contribution is -0.125. The van der Waals surface area contributed by atoms with Crippen LogP contribution in [0.3, 0.4) is 0 Å². The van der Waals surface area contributed by atoms with Crippen LogP contribution in [0.5, 0.6) is 0 Å². The van der Waals surface area contributed by atoms with Gasteiger partial charge in [-0.1, -0.05) is 60.7 Å². The predicted octanol–water partition coefficient (Wildman–Crippen LogP) is 5.88. The third-order valence-corrected chi connectivity index (χ3v) is 7.61. The normalized spacial score (nSPS) is 17.8. The van der Waals surface area contributed by atoms with E-state index in [1.807, 2.05) is 49.4 Å². The lowest BCUT2D eigenvalue weighted by Crippen LogP contribution is -2.44. The number of amides is 2. The van der Waals surface area contributed by atoms with E-state index in [-0.39, 0.29) is 24.3 Å². The SMILES string of the molecule is C=C(O/C(=C\C)CN[C@H](C)c1ccc(Cl)cc1)C1=CC(C(=O)N[C@@H](CC(=O)NC)Cc2ccc(C#N)cc2)C(Cl)C=C1. The molecule has 1 aliphatic rings. The summed E-state index contributed by atoms with van der Waals surface area (Å²) in [5.41, 5.74) is 3.18. The van der Waals surface area contributed by atoms with Crippen LogP contribution in [0.4, 0.5) is 0 Å². The van der Waals surface area contributed by atoms with Crippen molar-refractivity contribution in [2.75, 3.05) is 13.6 Å². The number of hydrogen-bond acceptors (Lipinski definition) is 5. The van der Waals surface area contributed by atoms with Crippen molar-refractivity contribution >= 4 is 35.0 Å². The maximum absolute atomic E-state index is 13.4. The summed E-state index contributed by atoms with van der Waals surface area (Å²) in [5, 5.41) is 18.2. The summed E-state index contributed by atoms with van der Waals surface area (Å²) in [6.07, 6.45) is 7.64. The number of allylic oxidation sites excluding steroid dienone is 3. The first-order valence-electron chi connectivity index (χ1n) is 13.7. The van der Waals surface area contributed by atoms with Gasteiger partial charge in [0.2, 0.25) is 11.8 Å². The van der Waals surface area contributed by atoms with Crippen molar-refractivity contribution < 1.29 is 14.3 Å². The first-order valence-corrected chi connectivity index (χ1v) is 14.5. The van der Waals surface area contributed by atoms with Gasteiger partial charge in [0.05, 0.1) is 29.5 Å². The Kier molecular flexibility index (Phi) is 12.4. The van der Waals surface area contributed by atoms with E-state index in [1.54, 1.807) is 37.4 Å². The van der Waals surface area contributed by atoms with E-state index >= 15 is 0 Å². The first kappa shape index (κ1) is 32.7. The van der Waals surface area contributed by atoms with E-state index in [4.69, 9.17) is 33.2 Å². The van der Waals surface area contributed by atoms with Gasteiger partial charge in [-0.05, 0) is 61.7 Å². The van der Waals surface area contributed by atoms with Crippen molar-refractivity contribution in [2.24, 2.45) is 5.92 Å². The average molecular weight is 608 g/mol. The summed E-state index contributed by atoms with van der Waals surface area (Å²) in [6, 6.07) is 16.4. The van der Waals surface area contributed by atoms with Crippen molar-refractivity contribution in [3.8, 4) is 6.07 Å². The van der Waals surface area contributed by atoms with Gasteiger partial charge in [-0.2, -0.15) is 5.26 Å². The fourth-order valence-electron chi connectivity index (χ4n) is 4.40. The quantitative estimate of drug-likeness (QED) is 0.195. The summed E-state index contributed by atoms with van der Waals surface area (Å²) in [5.74, 6) is -0.136. The zero-order chi connectivity index (χ0) is 30.6. The van der Waals surface area contributed by atoms with Crippen molar-refractivity contribution in [3.05, 3.63) is 118 Å². The van der Waals surface area contributed by atoms with Crippen LogP contribution < -0.4 is 16.0 Å². The van der Waals surface area contributed by atoms with Crippen molar-refractivity contribution in [1.29, 1.82) is 5.26 Å². The summed E-state index contributed by atoms with van der Waals surface area (Å²) in [7, 11) is 1.55. The molecule has 0 aromatic heterocycles. The van der Waals surface area contributed by atoms with Crippen LogP contribution in [0, 0.1) is 17.2 Å². The van der Waals surface area contributed by atoms with Gasteiger partial charge in [0.1, 0.15) is 11.5 Å². The van der Waals surface area contributed by atoms with Crippen LogP contribution in [0.2, 0.25) is 5.02 Å². The second kappa shape index (κ2) is 16.0. The Bertz CT molecular complexity index is 1390. The molecular formula is C33H36Cl2N4O3. The van der Waals surface area contributed by atoms with E-state index in [9.17, 15) is 9.59 Å². The Morgan fingerprint density at radius 3 is 2.48 bits per heavy atom. The van der Waals surface area contributed by atoms with Crippen LogP contribution in [-0.4, -0.2) is 36.8 Å². The number of carbonyl (C=O) groups is 2. The maximum atomic E-state index is 13.4. The lowest BCUT2D eigenvalue weighted by atomic mass is 9.93. The third-order valence-electron chi connectivity index (χ3n) is 6.94. The van der Waals surface area contributed by atoms with Gasteiger partial charge >= 0.3 is 0 Å². The lowest BCUT2D eigenvalue weighted by Gasteiger charge is -2.25. The van der Waals surface area contributed by atoms with Crippen molar-refractivity contribution in [3.63, 3.8) is 0 Å². The van der Waals surface area contributed by atoms with E-state index < -0.39 is 17.3 Å². The molecule has 0 radical (unpaired) electrons. The molecule has 0 spiro atoms. The van der Waals surface area contributed by atoms with Gasteiger partial charge in [0.25, 0.3) is 0 Å². The third kappa shape index (κ3) is 9.63. The molecule has 7 nitrogen and oxygen atoms in total. The summed E-state index contributed by atoms with van der Waals surface area (Å²) < 4.78 is 6.07. The molecule has 2 aromatic carbocycles. The Hall–Kier alpha value is -3.83. The van der Waals surface area contributed by atoms with Gasteiger partial charge in [-0.3, -0.25) is 9.59 Å². The predicted molar refractivity (Wildman–Crippen MR) is 168 cm³/mol. The van der Waals surface area contributed by atoms with E-state index in [0.29, 0.717) is 40.6 Å². The Balaban J connectivity index is 1.65. The highest BCUT2D eigenvalue weighted by Gasteiger charge is 2.29. The number of alkyl halides is 1. The molecule has 2 aromatic rings. The summed E-state index contributed by atoms with van der Waals surface area (Å²) >= 11 is 12.5. The number of nitrogens with one attached hydrogen (secondary N) is 3. The van der Waals surface area contributed by atoms with Crippen LogP contribution >= 0.6 is 23.2 Å². The van der Waals surface area contributed by atoms with Crippen molar-refractivity contribution in [1.82, 2.24) is 16.0 Å². The molecular weight excluding hydrogens is 571 g/mol. The molecule has 3 N–H and O–H groups in total. The number of nitrogens with zero attached hydrogens (tertiary/aromatic N) is 1. The standard InChI is InChI=1S/C33H36Cl2N4O3/c1-5-29(20-38-21(2)25-10-13-27(34)14-11-25)42-22(3)26-12-15-31(35)30(17-26)33(41)39-28(18-32(40)37-4)16-23-6-8-24(19-36)9-7-23/h5-15,17,21,28,30-31,38H,3,16,18,20H2,1-2,4H3,(H,37,40)(H,39,41)/b29-5-/t21-,28-,30?,31?/m1/s1. The van der Waals surface area contributed by atoms with E-state index in [0.717, 1.165) is 11.1 Å². The number of carbonyl (C=O) groups excluding carboxylic acids is 2. The molecule has 0 fully saturated rings. The van der Waals surface area contributed by atoms with Gasteiger partial charge in [-0.15, -0.1) is 11.6 Å². The van der Waals surface area contributed by atoms with Gasteiger partial charge in [-0.25, -0.2) is 0 Å². The molecule has 0 saturated carbocycles. The van der Waals surface area contributed by atoms with Gasteiger partial charge < -0.3 is 20.7 Å². The summed E-state index contributed by atoms with van der Waals surface area (Å²) in [6.45, 7) is 8.49. The number of halogens is 2. The zero-order valence-electron chi connectivity index (χ0n) is 24.0. The highest BCUT2D eigenvalue weighted by molar-refractivity contribution is 6.30. The number of rotatable bonds is 13. The molecule has 0 heterocycles. The molecule has 1 aliphatic carbocycles. The Labute approximate surface area is 257 Å². The molecule has 0 bridgehead atoms. The van der Waals surface area contributed by atoms with E-state index in [2.05, 4.69) is 35.5 Å². The minimum Gasteiger partial charge on any atom is -0.461 e. The second-order valence-electron chi connectivity index (χ2n) is 9.98. The Morgan fingerprint density at radius 1 is 1.17 bits per heavy atom. The maximum Gasteiger partial charge on any atom is 0.229 e. The highest BCUT2D eigenvalue weighted by Crippen LogP contribution is 2.27. The number of ether oxygens (including phenoxy) is 1. The molecule has 3 rings (SSSR count). The van der Waals surface area contributed by atoms with Crippen LogP contribution in [0.25, 0.3) is 0 Å². The first-order chi connectivity index (χ1) is 20.1. The second-order valence-corrected chi connectivity index (χ2v) is 10.9. The fraction of sp³-hybridized carbons (Fsp3) is 0.303. The van der Waals surface area contributed by atoms with Gasteiger partial charge in [0.15, 0.2) is 0 Å². The molecule has 0 aliphatic heterocycles. The van der Waals surface area contributed by atoms with E-state index in [1.165, 1.54) is 0 Å². The smallest absolute Gasteiger partial charge is 0.229 e. The number of nitriles is 1. The summed E-state index contributed by atoms with van der Waals surface area (Å²) in [4.78, 5) is 25.6. The highest BCUT2D eigenvalue weighted by atomic mass is 35.5. The monoisotopic (exact) mass is 606 g/mol. The van der Waals surface area contributed by atoms with Crippen LogP contribution in [0.1, 0.15) is 43.0 Å². The Morgan fingerprint density at radius 2 is 1.86 bits per heavy atom. The van der Waals surface area contributed by atoms with Gasteiger partial charge in [0, 0.05) is 36.1 Å². The molecule has 4 atom stereocenters. The van der Waals surface area contributed by atoms with Crippen LogP contribution in [-0.2, 0) is 20.7 Å². The van der Waals surface area contributed by atoms with Crippen LogP contribution in [0.15, 0.2) is 96.5 Å². The minimum absolute atomic E-state index is 0.0694. The fourth-order valence-corrected chi connectivity index (χ4v) is 4.78.